The highest BCUT2D eigenvalue weighted by Gasteiger charge is 2.56. The van der Waals surface area contributed by atoms with Crippen molar-refractivity contribution in [3.05, 3.63) is 34.5 Å². The third-order valence-corrected chi connectivity index (χ3v) is 9.03. The molecular formula is C21H17I3O8. The second-order valence-corrected chi connectivity index (χ2v) is 11.6. The Kier molecular flexibility index (Phi) is 6.48. The summed E-state index contributed by atoms with van der Waals surface area (Å²) in [7, 11) is 0. The monoisotopic (exact) mass is 778 g/mol. The topological polar surface area (TPSA) is 112 Å². The average Bonchev–Trinajstić information content (AvgIpc) is 3.25. The highest BCUT2D eigenvalue weighted by molar-refractivity contribution is 14.1. The normalized spacial score (nSPS) is 34.2. The lowest BCUT2D eigenvalue weighted by molar-refractivity contribution is -0.164. The fraction of sp³-hybridized carbons (Fsp3) is 0.476. The van der Waals surface area contributed by atoms with E-state index in [-0.39, 0.29) is 41.6 Å². The number of halogens is 3. The van der Waals surface area contributed by atoms with Gasteiger partial charge in [-0.05, 0) is 92.1 Å². The molecule has 0 aromatic heterocycles. The van der Waals surface area contributed by atoms with E-state index >= 15 is 0 Å². The molecule has 2 heterocycles. The van der Waals surface area contributed by atoms with Crippen LogP contribution in [0.4, 0.5) is 0 Å². The summed E-state index contributed by atoms with van der Waals surface area (Å²) in [6, 6.07) is 1.67. The van der Waals surface area contributed by atoms with Crippen molar-refractivity contribution in [1.82, 2.24) is 0 Å². The number of hydrogen-bond donors (Lipinski definition) is 1. The summed E-state index contributed by atoms with van der Waals surface area (Å²) in [6.07, 6.45) is 4.31. The Morgan fingerprint density at radius 3 is 2.41 bits per heavy atom. The van der Waals surface area contributed by atoms with Crippen molar-refractivity contribution in [3.63, 3.8) is 0 Å². The zero-order valence-corrected chi connectivity index (χ0v) is 22.8. The van der Waals surface area contributed by atoms with Crippen molar-refractivity contribution >= 4 is 85.7 Å². The van der Waals surface area contributed by atoms with E-state index < -0.39 is 29.7 Å². The maximum Gasteiger partial charge on any atom is 0.337 e. The molecule has 170 valence electrons. The molecule has 1 N–H and O–H groups in total. The number of rotatable bonds is 5. The van der Waals surface area contributed by atoms with Gasteiger partial charge < -0.3 is 24.1 Å². The Morgan fingerprint density at radius 2 is 1.72 bits per heavy atom. The Balaban J connectivity index is 1.37. The van der Waals surface area contributed by atoms with E-state index in [1.807, 2.05) is 79.9 Å². The number of hydrogen-bond acceptors (Lipinski definition) is 7. The molecule has 2 bridgehead atoms. The first-order chi connectivity index (χ1) is 15.3. The summed E-state index contributed by atoms with van der Waals surface area (Å²) >= 11 is 5.87. The summed E-state index contributed by atoms with van der Waals surface area (Å²) in [5.74, 6) is -3.32. The molecule has 2 aliphatic heterocycles. The van der Waals surface area contributed by atoms with Gasteiger partial charge in [0.1, 0.15) is 12.2 Å². The van der Waals surface area contributed by atoms with E-state index in [1.165, 1.54) is 0 Å². The molecule has 7 atom stereocenters. The van der Waals surface area contributed by atoms with Gasteiger partial charge in [0.2, 0.25) is 0 Å². The second-order valence-electron chi connectivity index (χ2n) is 8.19. The number of carboxylic acids is 1. The van der Waals surface area contributed by atoms with Gasteiger partial charge in [-0.3, -0.25) is 9.59 Å². The predicted molar refractivity (Wildman–Crippen MR) is 134 cm³/mol. The number of benzene rings is 1. The van der Waals surface area contributed by atoms with Crippen molar-refractivity contribution in [2.24, 2.45) is 23.7 Å². The minimum atomic E-state index is -1.09. The van der Waals surface area contributed by atoms with Crippen molar-refractivity contribution < 1.29 is 38.4 Å². The molecule has 1 aromatic carbocycles. The fourth-order valence-corrected chi connectivity index (χ4v) is 8.87. The molecule has 3 fully saturated rings. The van der Waals surface area contributed by atoms with Crippen molar-refractivity contribution in [2.45, 2.75) is 31.3 Å². The Labute approximate surface area is 224 Å². The average molecular weight is 778 g/mol. The summed E-state index contributed by atoms with van der Waals surface area (Å²) in [6.45, 7) is 0.469. The lowest BCUT2D eigenvalue weighted by Crippen LogP contribution is -2.40. The summed E-state index contributed by atoms with van der Waals surface area (Å²) in [5.41, 5.74) is 0.0942. The van der Waals surface area contributed by atoms with Crippen LogP contribution in [0.15, 0.2) is 18.2 Å². The van der Waals surface area contributed by atoms with E-state index in [9.17, 15) is 19.5 Å². The third-order valence-electron chi connectivity index (χ3n) is 6.35. The van der Waals surface area contributed by atoms with Crippen molar-refractivity contribution in [3.8, 4) is 5.75 Å². The molecule has 2 aliphatic carbocycles. The Hall–Kier alpha value is -0.520. The SMILES string of the molecule is O=C(O)c1c(I)cc(I)c(OC(=O)C2C3C=CC(C3)C2C(=O)OC2CCOC3OC23)c1I. The van der Waals surface area contributed by atoms with Crippen LogP contribution >= 0.6 is 67.8 Å². The van der Waals surface area contributed by atoms with Crippen LogP contribution in [0.2, 0.25) is 0 Å². The number of aromatic carboxylic acids is 1. The van der Waals surface area contributed by atoms with E-state index in [0.717, 1.165) is 0 Å². The fourth-order valence-electron chi connectivity index (χ4n) is 4.82. The van der Waals surface area contributed by atoms with Gasteiger partial charge in [0.15, 0.2) is 12.0 Å². The Morgan fingerprint density at radius 1 is 1.03 bits per heavy atom. The minimum Gasteiger partial charge on any atom is -0.478 e. The number of carbonyl (C=O) groups is 3. The first-order valence-corrected chi connectivity index (χ1v) is 13.3. The quantitative estimate of drug-likeness (QED) is 0.159. The summed E-state index contributed by atoms with van der Waals surface area (Å²) in [5, 5.41) is 9.55. The molecular weight excluding hydrogens is 761 g/mol. The van der Waals surface area contributed by atoms with Gasteiger partial charge in [0, 0.05) is 9.99 Å². The van der Waals surface area contributed by atoms with Crippen LogP contribution in [-0.2, 0) is 23.8 Å². The molecule has 2 saturated heterocycles. The molecule has 5 rings (SSSR count). The van der Waals surface area contributed by atoms with Gasteiger partial charge in [0.25, 0.3) is 0 Å². The number of ether oxygens (including phenoxy) is 4. The molecule has 11 heteroatoms. The van der Waals surface area contributed by atoms with Gasteiger partial charge in [-0.25, -0.2) is 4.79 Å². The van der Waals surface area contributed by atoms with Crippen LogP contribution in [0, 0.1) is 34.4 Å². The maximum atomic E-state index is 13.3. The third kappa shape index (κ3) is 4.09. The summed E-state index contributed by atoms with van der Waals surface area (Å²) < 4.78 is 23.8. The lowest BCUT2D eigenvalue weighted by Gasteiger charge is -2.27. The van der Waals surface area contributed by atoms with Crippen LogP contribution < -0.4 is 4.74 Å². The van der Waals surface area contributed by atoms with E-state index in [4.69, 9.17) is 18.9 Å². The van der Waals surface area contributed by atoms with Crippen LogP contribution in [-0.4, -0.2) is 48.1 Å². The van der Waals surface area contributed by atoms with Crippen molar-refractivity contribution in [1.29, 1.82) is 0 Å². The first-order valence-electron chi connectivity index (χ1n) is 10.0. The zero-order chi connectivity index (χ0) is 22.7. The lowest BCUT2D eigenvalue weighted by atomic mass is 9.83. The first kappa shape index (κ1) is 23.2. The number of carbonyl (C=O) groups excluding carboxylic acids is 2. The Bertz CT molecular complexity index is 1040. The van der Waals surface area contributed by atoms with Gasteiger partial charge in [-0.2, -0.15) is 0 Å². The summed E-state index contributed by atoms with van der Waals surface area (Å²) in [4.78, 5) is 38.1. The molecule has 1 aromatic rings. The molecule has 4 aliphatic rings. The minimum absolute atomic E-state index is 0.0785. The van der Waals surface area contributed by atoms with Crippen molar-refractivity contribution in [2.75, 3.05) is 6.61 Å². The molecule has 0 amide bonds. The zero-order valence-electron chi connectivity index (χ0n) is 16.3. The van der Waals surface area contributed by atoms with Gasteiger partial charge in [-0.15, -0.1) is 0 Å². The largest absolute Gasteiger partial charge is 0.478 e. The molecule has 7 unspecified atom stereocenters. The smallest absolute Gasteiger partial charge is 0.337 e. The van der Waals surface area contributed by atoms with Gasteiger partial charge in [-0.1, -0.05) is 12.2 Å². The highest BCUT2D eigenvalue weighted by Crippen LogP contribution is 2.50. The molecule has 0 radical (unpaired) electrons. The predicted octanol–water partition coefficient (Wildman–Crippen LogP) is 3.60. The van der Waals surface area contributed by atoms with Crippen LogP contribution in [0.5, 0.6) is 5.75 Å². The van der Waals surface area contributed by atoms with E-state index in [2.05, 4.69) is 0 Å². The van der Waals surface area contributed by atoms with E-state index in [0.29, 0.717) is 30.2 Å². The van der Waals surface area contributed by atoms with Crippen LogP contribution in [0.3, 0.4) is 0 Å². The molecule has 1 saturated carbocycles. The number of esters is 2. The molecule has 8 nitrogen and oxygen atoms in total. The number of allylic oxidation sites excluding steroid dienone is 2. The van der Waals surface area contributed by atoms with Crippen LogP contribution in [0.25, 0.3) is 0 Å². The molecule has 0 spiro atoms. The van der Waals surface area contributed by atoms with Crippen LogP contribution in [0.1, 0.15) is 23.2 Å². The maximum absolute atomic E-state index is 13.3. The number of epoxide rings is 1. The standard InChI is InChI=1S/C21H17I3O8/c22-9-6-10(23)16(15(24)14(9)18(25)26)31-20(28)13-8-2-1-7(5-8)12(13)19(27)30-11-3-4-29-21-17(11)32-21/h1-2,6-8,11-13,17,21H,3-5H2,(H,25,26). The van der Waals surface area contributed by atoms with Gasteiger partial charge in [0.05, 0.1) is 31.1 Å². The highest BCUT2D eigenvalue weighted by atomic mass is 127. The molecule has 32 heavy (non-hydrogen) atoms. The van der Waals surface area contributed by atoms with E-state index in [1.54, 1.807) is 6.07 Å². The second kappa shape index (κ2) is 8.92. The number of fused-ring (bicyclic) bond motifs is 3. The van der Waals surface area contributed by atoms with Gasteiger partial charge >= 0.3 is 17.9 Å². The number of carboxylic acid groups (broad SMARTS) is 1.